The lowest BCUT2D eigenvalue weighted by molar-refractivity contribution is 0.0684. The summed E-state index contributed by atoms with van der Waals surface area (Å²) in [5.41, 5.74) is 1.98. The van der Waals surface area contributed by atoms with Crippen molar-refractivity contribution in [3.05, 3.63) is 77.9 Å². The number of aromatic nitrogens is 2. The monoisotopic (exact) mass is 393 g/mol. The standard InChI is InChI=1S/C23H24FN3O2/c1-29-19-8-6-17(7-9-19)16-18-10-13-26(14-11-18)23(28)21-12-15-27(25-21)22-5-3-2-4-20(22)24/h2-9,12,15,18H,10-11,13-14,16H2,1H3. The van der Waals surface area contributed by atoms with Gasteiger partial charge in [-0.25, -0.2) is 9.07 Å². The number of amides is 1. The molecule has 0 radical (unpaired) electrons. The van der Waals surface area contributed by atoms with Gasteiger partial charge in [-0.05, 0) is 61.1 Å². The van der Waals surface area contributed by atoms with Crippen LogP contribution in [0.1, 0.15) is 28.9 Å². The summed E-state index contributed by atoms with van der Waals surface area (Å²) in [5, 5.41) is 4.29. The highest BCUT2D eigenvalue weighted by Gasteiger charge is 2.25. The molecule has 0 N–H and O–H groups in total. The number of ether oxygens (including phenoxy) is 1. The smallest absolute Gasteiger partial charge is 0.274 e. The summed E-state index contributed by atoms with van der Waals surface area (Å²) in [4.78, 5) is 14.7. The van der Waals surface area contributed by atoms with E-state index in [1.807, 2.05) is 17.0 Å². The second-order valence-corrected chi connectivity index (χ2v) is 7.38. The average molecular weight is 393 g/mol. The minimum Gasteiger partial charge on any atom is -0.497 e. The number of carbonyl (C=O) groups excluding carboxylic acids is 1. The van der Waals surface area contributed by atoms with Gasteiger partial charge in [-0.2, -0.15) is 5.10 Å². The highest BCUT2D eigenvalue weighted by atomic mass is 19.1. The summed E-state index contributed by atoms with van der Waals surface area (Å²) >= 11 is 0. The number of likely N-dealkylation sites (tertiary alicyclic amines) is 1. The summed E-state index contributed by atoms with van der Waals surface area (Å²) in [6.07, 6.45) is 4.56. The first kappa shape index (κ1) is 19.2. The van der Waals surface area contributed by atoms with Crippen LogP contribution >= 0.6 is 0 Å². The van der Waals surface area contributed by atoms with E-state index in [1.54, 1.807) is 37.6 Å². The van der Waals surface area contributed by atoms with Crippen molar-refractivity contribution in [2.24, 2.45) is 5.92 Å². The quantitative estimate of drug-likeness (QED) is 0.655. The van der Waals surface area contributed by atoms with Crippen LogP contribution in [0.5, 0.6) is 5.75 Å². The van der Waals surface area contributed by atoms with Gasteiger partial charge in [0.05, 0.1) is 7.11 Å². The number of piperidine rings is 1. The molecule has 0 spiro atoms. The summed E-state index contributed by atoms with van der Waals surface area (Å²) in [6, 6.07) is 16.2. The van der Waals surface area contributed by atoms with Gasteiger partial charge < -0.3 is 9.64 Å². The van der Waals surface area contributed by atoms with Crippen LogP contribution in [-0.2, 0) is 6.42 Å². The van der Waals surface area contributed by atoms with Gasteiger partial charge in [0, 0.05) is 19.3 Å². The van der Waals surface area contributed by atoms with Gasteiger partial charge in [-0.15, -0.1) is 0 Å². The van der Waals surface area contributed by atoms with Crippen LogP contribution in [0.3, 0.4) is 0 Å². The molecule has 2 heterocycles. The van der Waals surface area contributed by atoms with Gasteiger partial charge in [0.2, 0.25) is 0 Å². The van der Waals surface area contributed by atoms with Gasteiger partial charge in [0.15, 0.2) is 5.69 Å². The number of halogens is 1. The predicted octanol–water partition coefficient (Wildman–Crippen LogP) is 4.11. The first-order valence-corrected chi connectivity index (χ1v) is 9.87. The van der Waals surface area contributed by atoms with E-state index >= 15 is 0 Å². The molecule has 2 aromatic carbocycles. The Kier molecular flexibility index (Phi) is 5.60. The molecular weight excluding hydrogens is 369 g/mol. The molecule has 0 aliphatic carbocycles. The molecule has 1 fully saturated rings. The molecule has 3 aromatic rings. The third-order valence-electron chi connectivity index (χ3n) is 5.49. The van der Waals surface area contributed by atoms with E-state index < -0.39 is 0 Å². The third kappa shape index (κ3) is 4.31. The highest BCUT2D eigenvalue weighted by Crippen LogP contribution is 2.24. The molecule has 0 atom stereocenters. The van der Waals surface area contributed by atoms with Crippen molar-refractivity contribution in [2.75, 3.05) is 20.2 Å². The molecule has 1 aliphatic heterocycles. The molecule has 150 valence electrons. The number of rotatable bonds is 5. The van der Waals surface area contributed by atoms with Crippen LogP contribution < -0.4 is 4.74 Å². The zero-order chi connectivity index (χ0) is 20.2. The fourth-order valence-electron chi connectivity index (χ4n) is 3.81. The number of nitrogens with zero attached hydrogens (tertiary/aromatic N) is 3. The molecular formula is C23H24FN3O2. The van der Waals surface area contributed by atoms with Crippen LogP contribution in [0.4, 0.5) is 4.39 Å². The van der Waals surface area contributed by atoms with Gasteiger partial charge >= 0.3 is 0 Å². The molecule has 5 nitrogen and oxygen atoms in total. The fourth-order valence-corrected chi connectivity index (χ4v) is 3.81. The maximum Gasteiger partial charge on any atom is 0.274 e. The second-order valence-electron chi connectivity index (χ2n) is 7.38. The molecule has 0 saturated carbocycles. The van der Waals surface area contributed by atoms with Crippen molar-refractivity contribution in [3.8, 4) is 11.4 Å². The van der Waals surface area contributed by atoms with Crippen molar-refractivity contribution in [1.82, 2.24) is 14.7 Å². The highest BCUT2D eigenvalue weighted by molar-refractivity contribution is 5.92. The van der Waals surface area contributed by atoms with E-state index in [-0.39, 0.29) is 11.7 Å². The van der Waals surface area contributed by atoms with Crippen molar-refractivity contribution in [3.63, 3.8) is 0 Å². The normalized spacial score (nSPS) is 14.8. The summed E-state index contributed by atoms with van der Waals surface area (Å²) in [6.45, 7) is 1.43. The number of hydrogen-bond donors (Lipinski definition) is 0. The second kappa shape index (κ2) is 8.47. The minimum absolute atomic E-state index is 0.0945. The molecule has 1 aliphatic rings. The van der Waals surface area contributed by atoms with Crippen molar-refractivity contribution < 1.29 is 13.9 Å². The Labute approximate surface area is 169 Å². The van der Waals surface area contributed by atoms with Gasteiger partial charge in [-0.1, -0.05) is 24.3 Å². The summed E-state index contributed by atoms with van der Waals surface area (Å²) in [7, 11) is 1.67. The van der Waals surface area contributed by atoms with Crippen LogP contribution in [0.15, 0.2) is 60.8 Å². The lowest BCUT2D eigenvalue weighted by atomic mass is 9.90. The SMILES string of the molecule is COc1ccc(CC2CCN(C(=O)c3ccn(-c4ccccc4F)n3)CC2)cc1. The molecule has 29 heavy (non-hydrogen) atoms. The maximum atomic E-state index is 13.9. The summed E-state index contributed by atoms with van der Waals surface area (Å²) < 4.78 is 20.6. The van der Waals surface area contributed by atoms with Crippen molar-refractivity contribution in [1.29, 1.82) is 0 Å². The molecule has 4 rings (SSSR count). The van der Waals surface area contributed by atoms with Gasteiger partial charge in [0.1, 0.15) is 17.3 Å². The molecule has 6 heteroatoms. The van der Waals surface area contributed by atoms with Gasteiger partial charge in [0.25, 0.3) is 5.91 Å². The molecule has 0 unspecified atom stereocenters. The Morgan fingerprint density at radius 3 is 2.52 bits per heavy atom. The van der Waals surface area contributed by atoms with E-state index in [1.165, 1.54) is 16.3 Å². The van der Waals surface area contributed by atoms with E-state index in [0.29, 0.717) is 30.4 Å². The average Bonchev–Trinajstić information content (AvgIpc) is 3.25. The topological polar surface area (TPSA) is 47.4 Å². The van der Waals surface area contributed by atoms with Crippen LogP contribution in [0.2, 0.25) is 0 Å². The van der Waals surface area contributed by atoms with Crippen molar-refractivity contribution >= 4 is 5.91 Å². The third-order valence-corrected chi connectivity index (χ3v) is 5.49. The van der Waals surface area contributed by atoms with Crippen LogP contribution in [-0.4, -0.2) is 40.8 Å². The molecule has 0 bridgehead atoms. The number of para-hydroxylation sites is 1. The molecule has 1 aromatic heterocycles. The largest absolute Gasteiger partial charge is 0.497 e. The molecule has 1 saturated heterocycles. The fraction of sp³-hybridized carbons (Fsp3) is 0.304. The predicted molar refractivity (Wildman–Crippen MR) is 109 cm³/mol. The lowest BCUT2D eigenvalue weighted by Crippen LogP contribution is -2.39. The number of benzene rings is 2. The van der Waals surface area contributed by atoms with Gasteiger partial charge in [-0.3, -0.25) is 4.79 Å². The number of carbonyl (C=O) groups is 1. The lowest BCUT2D eigenvalue weighted by Gasteiger charge is -2.31. The molecule has 1 amide bonds. The zero-order valence-corrected chi connectivity index (χ0v) is 16.4. The Morgan fingerprint density at radius 2 is 1.83 bits per heavy atom. The minimum atomic E-state index is -0.367. The Hall–Kier alpha value is -3.15. The first-order valence-electron chi connectivity index (χ1n) is 9.87. The van der Waals surface area contributed by atoms with E-state index in [0.717, 1.165) is 25.0 Å². The van der Waals surface area contributed by atoms with E-state index in [9.17, 15) is 9.18 Å². The Balaban J connectivity index is 1.35. The maximum absolute atomic E-state index is 13.9. The Morgan fingerprint density at radius 1 is 1.10 bits per heavy atom. The van der Waals surface area contributed by atoms with E-state index in [2.05, 4.69) is 17.2 Å². The number of methoxy groups -OCH3 is 1. The van der Waals surface area contributed by atoms with Crippen molar-refractivity contribution in [2.45, 2.75) is 19.3 Å². The first-order chi connectivity index (χ1) is 14.1. The summed E-state index contributed by atoms with van der Waals surface area (Å²) in [5.74, 6) is 0.962. The Bertz CT molecular complexity index is 976. The number of hydrogen-bond acceptors (Lipinski definition) is 3. The van der Waals surface area contributed by atoms with Crippen LogP contribution in [0.25, 0.3) is 5.69 Å². The van der Waals surface area contributed by atoms with Crippen LogP contribution in [0, 0.1) is 11.7 Å². The zero-order valence-electron chi connectivity index (χ0n) is 16.4. The van der Waals surface area contributed by atoms with E-state index in [4.69, 9.17) is 4.74 Å².